The normalized spacial score (nSPS) is 11.3. The highest BCUT2D eigenvalue weighted by atomic mass is 32.2. The summed E-state index contributed by atoms with van der Waals surface area (Å²) in [4.78, 5) is 24.2. The summed E-state index contributed by atoms with van der Waals surface area (Å²) in [5.74, 6) is -2.72. The molecule has 9 nitrogen and oxygen atoms in total. The molecule has 2 amide bonds. The number of urea groups is 1. The lowest BCUT2D eigenvalue weighted by Gasteiger charge is -2.17. The number of benzene rings is 1. The van der Waals surface area contributed by atoms with Crippen molar-refractivity contribution in [3.8, 4) is 6.01 Å². The molecule has 0 aliphatic rings. The van der Waals surface area contributed by atoms with Gasteiger partial charge in [-0.05, 0) is 19.1 Å². The molecule has 0 saturated heterocycles. The van der Waals surface area contributed by atoms with Crippen LogP contribution in [0.4, 0.5) is 19.5 Å². The molecule has 1 aromatic carbocycles. The number of sulfonamides is 1. The zero-order valence-electron chi connectivity index (χ0n) is 14.4. The first-order valence-electron chi connectivity index (χ1n) is 7.25. The predicted octanol–water partition coefficient (Wildman–Crippen LogP) is 2.04. The van der Waals surface area contributed by atoms with Crippen LogP contribution in [0.3, 0.4) is 0 Å². The van der Waals surface area contributed by atoms with Crippen LogP contribution in [0.25, 0.3) is 0 Å². The largest absolute Gasteiger partial charge is 0.467 e. The number of rotatable bonds is 6. The Morgan fingerprint density at radius 1 is 1.26 bits per heavy atom. The van der Waals surface area contributed by atoms with E-state index in [2.05, 4.69) is 15.0 Å². The molecule has 13 heteroatoms. The summed E-state index contributed by atoms with van der Waals surface area (Å²) in [5.41, 5.74) is 0. The van der Waals surface area contributed by atoms with Gasteiger partial charge in [0.15, 0.2) is 0 Å². The number of hydrogen-bond donors (Lipinski definition) is 1. The van der Waals surface area contributed by atoms with E-state index in [-0.39, 0.29) is 34.4 Å². The Balaban J connectivity index is 2.28. The Labute approximate surface area is 158 Å². The Bertz CT molecular complexity index is 943. The third-order valence-corrected chi connectivity index (χ3v) is 5.37. The Kier molecular flexibility index (Phi) is 6.49. The van der Waals surface area contributed by atoms with Gasteiger partial charge in [-0.2, -0.15) is 23.7 Å². The van der Waals surface area contributed by atoms with E-state index in [0.717, 1.165) is 11.0 Å². The number of amides is 2. The van der Waals surface area contributed by atoms with E-state index < -0.39 is 26.7 Å². The summed E-state index contributed by atoms with van der Waals surface area (Å²) in [6.45, 7) is 1.54. The number of anilines is 1. The third kappa shape index (κ3) is 5.23. The molecule has 1 N–H and O–H groups in total. The predicted molar refractivity (Wildman–Crippen MR) is 93.5 cm³/mol. The summed E-state index contributed by atoms with van der Waals surface area (Å²) in [7, 11) is -1.86. The van der Waals surface area contributed by atoms with Crippen molar-refractivity contribution in [2.24, 2.45) is 0 Å². The zero-order chi connectivity index (χ0) is 20.2. The molecule has 0 fully saturated rings. The minimum Gasteiger partial charge on any atom is -0.467 e. The van der Waals surface area contributed by atoms with E-state index in [1.807, 2.05) is 0 Å². The molecule has 27 heavy (non-hydrogen) atoms. The van der Waals surface area contributed by atoms with Crippen LogP contribution in [-0.2, 0) is 10.0 Å². The first-order valence-corrected chi connectivity index (χ1v) is 9.61. The first-order chi connectivity index (χ1) is 12.6. The number of carbonyl (C=O) groups is 1. The lowest BCUT2D eigenvalue weighted by molar-refractivity contribution is 0.251. The number of nitrogens with zero attached hydrogens (tertiary/aromatic N) is 4. The van der Waals surface area contributed by atoms with Gasteiger partial charge >= 0.3 is 12.0 Å². The van der Waals surface area contributed by atoms with E-state index in [0.29, 0.717) is 0 Å². The fraction of sp³-hybridized carbons (Fsp3) is 0.286. The van der Waals surface area contributed by atoms with Gasteiger partial charge in [0.2, 0.25) is 5.95 Å². The van der Waals surface area contributed by atoms with Crippen molar-refractivity contribution >= 4 is 33.8 Å². The molecular weight excluding hydrogens is 404 g/mol. The van der Waals surface area contributed by atoms with Crippen molar-refractivity contribution in [3.05, 3.63) is 30.1 Å². The molecule has 0 radical (unpaired) electrons. The standard InChI is InChI=1S/C14H15F2N5O4S2/c1-8-17-12(19-13(18-8)25-3)21(2)14(22)20-27(23,24)10-7-5-4-6-9(10)26-11(15)16/h4-7,11H,1-3H3,(H,20,22). The molecule has 0 bridgehead atoms. The van der Waals surface area contributed by atoms with E-state index in [1.165, 1.54) is 39.3 Å². The van der Waals surface area contributed by atoms with Gasteiger partial charge in [0.05, 0.1) is 7.11 Å². The molecule has 1 aromatic heterocycles. The Morgan fingerprint density at radius 3 is 2.56 bits per heavy atom. The number of methoxy groups -OCH3 is 1. The summed E-state index contributed by atoms with van der Waals surface area (Å²) in [6.07, 6.45) is 0. The maximum Gasteiger partial charge on any atom is 0.337 e. The fourth-order valence-corrected chi connectivity index (χ4v) is 3.95. The molecule has 2 rings (SSSR count). The topological polar surface area (TPSA) is 114 Å². The van der Waals surface area contributed by atoms with Crippen LogP contribution < -0.4 is 14.4 Å². The van der Waals surface area contributed by atoms with Gasteiger partial charge in [-0.25, -0.2) is 17.9 Å². The Morgan fingerprint density at radius 2 is 1.93 bits per heavy atom. The van der Waals surface area contributed by atoms with E-state index >= 15 is 0 Å². The molecule has 0 unspecified atom stereocenters. The second-order valence-electron chi connectivity index (χ2n) is 4.96. The van der Waals surface area contributed by atoms with Crippen LogP contribution >= 0.6 is 11.8 Å². The molecule has 0 spiro atoms. The summed E-state index contributed by atoms with van der Waals surface area (Å²) in [6, 6.07) is 3.98. The van der Waals surface area contributed by atoms with Crippen molar-refractivity contribution in [1.82, 2.24) is 19.7 Å². The monoisotopic (exact) mass is 419 g/mol. The number of aryl methyl sites for hydroxylation is 1. The zero-order valence-corrected chi connectivity index (χ0v) is 16.0. The molecule has 1 heterocycles. The van der Waals surface area contributed by atoms with E-state index in [1.54, 1.807) is 4.72 Å². The maximum absolute atomic E-state index is 12.6. The average Bonchev–Trinajstić information content (AvgIpc) is 2.59. The quantitative estimate of drug-likeness (QED) is 0.708. The molecule has 146 valence electrons. The van der Waals surface area contributed by atoms with Gasteiger partial charge in [0.1, 0.15) is 10.7 Å². The van der Waals surface area contributed by atoms with Gasteiger partial charge in [-0.3, -0.25) is 4.90 Å². The fourth-order valence-electron chi connectivity index (χ4n) is 1.88. The minimum absolute atomic E-state index is 0.0568. The summed E-state index contributed by atoms with van der Waals surface area (Å²) in [5, 5.41) is 0. The van der Waals surface area contributed by atoms with Crippen LogP contribution in [0, 0.1) is 6.92 Å². The van der Waals surface area contributed by atoms with Crippen LogP contribution in [0.5, 0.6) is 6.01 Å². The number of halogens is 2. The number of aromatic nitrogens is 3. The molecule has 0 aliphatic carbocycles. The summed E-state index contributed by atoms with van der Waals surface area (Å²) < 4.78 is 56.9. The van der Waals surface area contributed by atoms with Crippen molar-refractivity contribution in [1.29, 1.82) is 0 Å². The highest BCUT2D eigenvalue weighted by Crippen LogP contribution is 2.31. The Hall–Kier alpha value is -2.54. The van der Waals surface area contributed by atoms with E-state index in [9.17, 15) is 22.0 Å². The molecule has 0 saturated carbocycles. The molecule has 0 atom stereocenters. The van der Waals surface area contributed by atoms with Crippen molar-refractivity contribution < 1.29 is 26.7 Å². The highest BCUT2D eigenvalue weighted by Gasteiger charge is 2.26. The smallest absolute Gasteiger partial charge is 0.337 e. The van der Waals surface area contributed by atoms with Crippen molar-refractivity contribution in [2.45, 2.75) is 22.5 Å². The van der Waals surface area contributed by atoms with E-state index in [4.69, 9.17) is 4.74 Å². The average molecular weight is 419 g/mol. The number of carbonyl (C=O) groups excluding carboxylic acids is 1. The third-order valence-electron chi connectivity index (χ3n) is 3.08. The molecular formula is C14H15F2N5O4S2. The highest BCUT2D eigenvalue weighted by molar-refractivity contribution is 8.00. The number of thioether (sulfide) groups is 1. The first kappa shape index (κ1) is 20.8. The summed E-state index contributed by atoms with van der Waals surface area (Å²) >= 11 is 0.0638. The molecule has 2 aromatic rings. The van der Waals surface area contributed by atoms with Gasteiger partial charge in [-0.15, -0.1) is 0 Å². The van der Waals surface area contributed by atoms with Crippen molar-refractivity contribution in [2.75, 3.05) is 19.1 Å². The lowest BCUT2D eigenvalue weighted by Crippen LogP contribution is -2.41. The lowest BCUT2D eigenvalue weighted by atomic mass is 10.4. The van der Waals surface area contributed by atoms with Crippen LogP contribution in [0.15, 0.2) is 34.1 Å². The maximum atomic E-state index is 12.6. The minimum atomic E-state index is -4.41. The number of nitrogens with one attached hydrogen (secondary N) is 1. The van der Waals surface area contributed by atoms with Gasteiger partial charge in [0, 0.05) is 11.9 Å². The molecule has 0 aliphatic heterocycles. The van der Waals surface area contributed by atoms with Gasteiger partial charge in [-0.1, -0.05) is 23.9 Å². The SMILES string of the molecule is COc1nc(C)nc(N(C)C(=O)NS(=O)(=O)c2ccccc2SC(F)F)n1. The second-order valence-corrected chi connectivity index (χ2v) is 7.65. The van der Waals surface area contributed by atoms with Gasteiger partial charge < -0.3 is 4.74 Å². The number of hydrogen-bond acceptors (Lipinski definition) is 8. The van der Waals surface area contributed by atoms with Crippen LogP contribution in [-0.4, -0.2) is 49.3 Å². The van der Waals surface area contributed by atoms with Gasteiger partial charge in [0.25, 0.3) is 15.8 Å². The van der Waals surface area contributed by atoms with Crippen molar-refractivity contribution in [3.63, 3.8) is 0 Å². The van der Waals surface area contributed by atoms with Crippen LogP contribution in [0.2, 0.25) is 0 Å². The number of alkyl halides is 2. The number of ether oxygens (including phenoxy) is 1. The second kappa shape index (κ2) is 8.43. The van der Waals surface area contributed by atoms with Crippen LogP contribution in [0.1, 0.15) is 5.82 Å².